The number of carbonyl (C=O) groups is 1. The summed E-state index contributed by atoms with van der Waals surface area (Å²) in [6, 6.07) is 14.9. The van der Waals surface area contributed by atoms with Crippen molar-refractivity contribution >= 4 is 22.5 Å². The Labute approximate surface area is 171 Å². The summed E-state index contributed by atoms with van der Waals surface area (Å²) in [5.74, 6) is -0.845. The zero-order valence-electron chi connectivity index (χ0n) is 16.3. The summed E-state index contributed by atoms with van der Waals surface area (Å²) in [6.07, 6.45) is -2.57. The zero-order chi connectivity index (χ0) is 21.9. The second-order valence-electron chi connectivity index (χ2n) is 6.67. The van der Waals surface area contributed by atoms with Crippen molar-refractivity contribution in [1.29, 1.82) is 5.41 Å². The van der Waals surface area contributed by atoms with E-state index in [0.29, 0.717) is 11.6 Å². The Bertz CT molecular complexity index is 1140. The largest absolute Gasteiger partial charge is 0.432 e. The molecule has 1 amide bonds. The fourth-order valence-electron chi connectivity index (χ4n) is 2.76. The van der Waals surface area contributed by atoms with Crippen molar-refractivity contribution in [1.82, 2.24) is 15.6 Å². The van der Waals surface area contributed by atoms with E-state index < -0.39 is 17.8 Å². The first-order valence-corrected chi connectivity index (χ1v) is 9.01. The van der Waals surface area contributed by atoms with E-state index in [2.05, 4.69) is 15.6 Å². The Morgan fingerprint density at radius 1 is 1.07 bits per heavy atom. The average molecular weight is 412 g/mol. The maximum Gasteiger partial charge on any atom is 0.432 e. The normalized spacial score (nSPS) is 12.0. The highest BCUT2D eigenvalue weighted by atomic mass is 19.4. The lowest BCUT2D eigenvalue weighted by molar-refractivity contribution is -0.0584. The van der Waals surface area contributed by atoms with Crippen molar-refractivity contribution in [3.63, 3.8) is 0 Å². The van der Waals surface area contributed by atoms with Gasteiger partial charge >= 0.3 is 6.18 Å². The quantitative estimate of drug-likeness (QED) is 0.537. The molecule has 30 heavy (non-hydrogen) atoms. The van der Waals surface area contributed by atoms with Crippen molar-refractivity contribution in [2.24, 2.45) is 0 Å². The van der Waals surface area contributed by atoms with E-state index in [9.17, 15) is 18.0 Å². The van der Waals surface area contributed by atoms with Gasteiger partial charge < -0.3 is 10.6 Å². The minimum Gasteiger partial charge on any atom is -0.375 e. The van der Waals surface area contributed by atoms with E-state index in [1.165, 1.54) is 7.05 Å². The van der Waals surface area contributed by atoms with Crippen LogP contribution >= 0.6 is 0 Å². The molecule has 0 saturated carbocycles. The standard InChI is InChI=1S/C22H19F3N4O/c1-13-3-5-14(6-4-13)17-9-15-7-8-16(10-18(15)28-12-17)21(30)29-20(27-2)11-19(26)22(23,24)25/h3-12,26-27H,1-2H3,(H,29,30)/b20-11+,26-19?. The van der Waals surface area contributed by atoms with Crippen LogP contribution in [-0.4, -0.2) is 29.8 Å². The first-order valence-electron chi connectivity index (χ1n) is 9.01. The number of pyridine rings is 1. The Morgan fingerprint density at radius 2 is 1.77 bits per heavy atom. The number of amides is 1. The SMILES string of the molecule is CN/C(=C\C(=N)C(F)(F)F)NC(=O)c1ccc2cc(-c3ccc(C)cc3)cnc2c1. The Hall–Kier alpha value is -3.68. The van der Waals surface area contributed by atoms with Gasteiger partial charge in [-0.3, -0.25) is 15.2 Å². The molecule has 0 radical (unpaired) electrons. The van der Waals surface area contributed by atoms with Gasteiger partial charge in [0.05, 0.1) is 5.52 Å². The van der Waals surface area contributed by atoms with E-state index in [1.54, 1.807) is 24.4 Å². The second kappa shape index (κ2) is 8.36. The number of nitrogens with one attached hydrogen (secondary N) is 3. The molecule has 0 aliphatic carbocycles. The summed E-state index contributed by atoms with van der Waals surface area (Å²) in [6.45, 7) is 2.01. The van der Waals surface area contributed by atoms with Crippen molar-refractivity contribution in [2.75, 3.05) is 7.05 Å². The Kier molecular flexibility index (Phi) is 5.86. The molecule has 3 aromatic rings. The third-order valence-electron chi connectivity index (χ3n) is 4.44. The number of hydrogen-bond acceptors (Lipinski definition) is 4. The molecule has 154 valence electrons. The van der Waals surface area contributed by atoms with Gasteiger partial charge in [0, 0.05) is 35.8 Å². The molecule has 0 aliphatic heterocycles. The van der Waals surface area contributed by atoms with E-state index in [0.717, 1.165) is 22.1 Å². The lowest BCUT2D eigenvalue weighted by Gasteiger charge is -2.11. The van der Waals surface area contributed by atoms with Crippen LogP contribution in [0.3, 0.4) is 0 Å². The zero-order valence-corrected chi connectivity index (χ0v) is 16.3. The molecule has 0 saturated heterocycles. The molecule has 0 atom stereocenters. The summed E-state index contributed by atoms with van der Waals surface area (Å²) < 4.78 is 37.6. The number of allylic oxidation sites excluding steroid dienone is 1. The van der Waals surface area contributed by atoms with Gasteiger partial charge in [-0.25, -0.2) is 0 Å². The number of nitrogens with zero attached hydrogens (tertiary/aromatic N) is 1. The summed E-state index contributed by atoms with van der Waals surface area (Å²) in [5, 5.41) is 12.6. The van der Waals surface area contributed by atoms with Crippen LogP contribution in [0.1, 0.15) is 15.9 Å². The molecular weight excluding hydrogens is 393 g/mol. The van der Waals surface area contributed by atoms with Gasteiger partial charge in [0.1, 0.15) is 11.5 Å². The van der Waals surface area contributed by atoms with Gasteiger partial charge in [-0.1, -0.05) is 35.9 Å². The monoisotopic (exact) mass is 412 g/mol. The topological polar surface area (TPSA) is 77.9 Å². The number of benzene rings is 2. The van der Waals surface area contributed by atoms with Gasteiger partial charge in [-0.05, 0) is 30.7 Å². The predicted molar refractivity (Wildman–Crippen MR) is 110 cm³/mol. The van der Waals surface area contributed by atoms with E-state index in [1.807, 2.05) is 37.3 Å². The summed E-state index contributed by atoms with van der Waals surface area (Å²) >= 11 is 0. The number of aryl methyl sites for hydroxylation is 1. The number of alkyl halides is 3. The molecule has 0 fully saturated rings. The highest BCUT2D eigenvalue weighted by Gasteiger charge is 2.33. The number of carbonyl (C=O) groups excluding carboxylic acids is 1. The Balaban J connectivity index is 1.83. The van der Waals surface area contributed by atoms with Crippen molar-refractivity contribution in [2.45, 2.75) is 13.1 Å². The van der Waals surface area contributed by atoms with Gasteiger partial charge in [0.2, 0.25) is 0 Å². The minimum atomic E-state index is -4.80. The van der Waals surface area contributed by atoms with Gasteiger partial charge in [-0.15, -0.1) is 0 Å². The molecule has 0 bridgehead atoms. The van der Waals surface area contributed by atoms with Crippen LogP contribution in [0, 0.1) is 12.3 Å². The number of aromatic nitrogens is 1. The lowest BCUT2D eigenvalue weighted by Crippen LogP contribution is -2.32. The molecular formula is C22H19F3N4O. The van der Waals surface area contributed by atoms with Gasteiger partial charge in [0.15, 0.2) is 0 Å². The highest BCUT2D eigenvalue weighted by Crippen LogP contribution is 2.24. The van der Waals surface area contributed by atoms with Crippen LogP contribution in [0.2, 0.25) is 0 Å². The summed E-state index contributed by atoms with van der Waals surface area (Å²) in [4.78, 5) is 16.8. The number of halogens is 3. The third-order valence-corrected chi connectivity index (χ3v) is 4.44. The van der Waals surface area contributed by atoms with Crippen LogP contribution in [0.5, 0.6) is 0 Å². The first kappa shape index (κ1) is 21.0. The van der Waals surface area contributed by atoms with Crippen LogP contribution in [0.15, 0.2) is 66.6 Å². The smallest absolute Gasteiger partial charge is 0.375 e. The predicted octanol–water partition coefficient (Wildman–Crippen LogP) is 4.58. The molecule has 5 nitrogen and oxygen atoms in total. The number of rotatable bonds is 5. The second-order valence-corrected chi connectivity index (χ2v) is 6.67. The molecule has 0 aliphatic rings. The van der Waals surface area contributed by atoms with Gasteiger partial charge in [-0.2, -0.15) is 13.2 Å². The van der Waals surface area contributed by atoms with Crippen LogP contribution in [-0.2, 0) is 0 Å². The van der Waals surface area contributed by atoms with Crippen LogP contribution < -0.4 is 10.6 Å². The number of fused-ring (bicyclic) bond motifs is 1. The maximum atomic E-state index is 12.5. The molecule has 0 unspecified atom stereocenters. The van der Waals surface area contributed by atoms with E-state index >= 15 is 0 Å². The van der Waals surface area contributed by atoms with E-state index in [-0.39, 0.29) is 11.4 Å². The molecule has 8 heteroatoms. The molecule has 3 rings (SSSR count). The maximum absolute atomic E-state index is 12.5. The summed E-state index contributed by atoms with van der Waals surface area (Å²) in [7, 11) is 1.35. The molecule has 1 heterocycles. The fraction of sp³-hybridized carbons (Fsp3) is 0.136. The summed E-state index contributed by atoms with van der Waals surface area (Å²) in [5.41, 5.74) is 2.35. The third kappa shape index (κ3) is 4.83. The van der Waals surface area contributed by atoms with Crippen molar-refractivity contribution in [3.05, 3.63) is 77.8 Å². The van der Waals surface area contributed by atoms with Gasteiger partial charge in [0.25, 0.3) is 5.91 Å². The van der Waals surface area contributed by atoms with Crippen molar-refractivity contribution < 1.29 is 18.0 Å². The van der Waals surface area contributed by atoms with Crippen LogP contribution in [0.25, 0.3) is 22.0 Å². The number of hydrogen-bond donors (Lipinski definition) is 3. The molecule has 1 aromatic heterocycles. The first-order chi connectivity index (χ1) is 14.2. The molecule has 2 aromatic carbocycles. The minimum absolute atomic E-state index is 0.231. The van der Waals surface area contributed by atoms with Crippen LogP contribution in [0.4, 0.5) is 13.2 Å². The van der Waals surface area contributed by atoms with E-state index in [4.69, 9.17) is 5.41 Å². The lowest BCUT2D eigenvalue weighted by atomic mass is 10.0. The fourth-order valence-corrected chi connectivity index (χ4v) is 2.76. The highest BCUT2D eigenvalue weighted by molar-refractivity contribution is 6.01. The van der Waals surface area contributed by atoms with Crippen molar-refractivity contribution in [3.8, 4) is 11.1 Å². The molecule has 3 N–H and O–H groups in total. The average Bonchev–Trinajstić information content (AvgIpc) is 2.72. The molecule has 0 spiro atoms. The Morgan fingerprint density at radius 3 is 2.40 bits per heavy atom.